The molecule has 1 saturated heterocycles. The van der Waals surface area contributed by atoms with Crippen LogP contribution in [0.25, 0.3) is 11.0 Å². The first kappa shape index (κ1) is 14.5. The third kappa shape index (κ3) is 2.96. The van der Waals surface area contributed by atoms with Gasteiger partial charge in [0.2, 0.25) is 0 Å². The molecule has 1 atom stereocenters. The number of rotatable bonds is 3. The van der Waals surface area contributed by atoms with E-state index in [9.17, 15) is 9.90 Å². The third-order valence-electron chi connectivity index (χ3n) is 4.02. The number of likely N-dealkylation sites (tertiary alicyclic amines) is 1. The van der Waals surface area contributed by atoms with Crippen molar-refractivity contribution >= 4 is 32.9 Å². The molecule has 0 aromatic carbocycles. The number of aromatic carboxylic acids is 1. The molecule has 0 aliphatic carbocycles. The summed E-state index contributed by atoms with van der Waals surface area (Å²) in [7, 11) is 0. The molecule has 0 spiro atoms. The molecule has 0 radical (unpaired) electrons. The van der Waals surface area contributed by atoms with Gasteiger partial charge in [0.25, 0.3) is 0 Å². The number of aromatic amines is 1. The molecule has 21 heavy (non-hydrogen) atoms. The van der Waals surface area contributed by atoms with E-state index in [1.165, 1.54) is 12.8 Å². The van der Waals surface area contributed by atoms with Crippen molar-refractivity contribution in [1.29, 1.82) is 0 Å². The summed E-state index contributed by atoms with van der Waals surface area (Å²) in [5.74, 6) is -0.288. The van der Waals surface area contributed by atoms with E-state index in [2.05, 4.69) is 37.7 Å². The molecular formula is C15H18BrN3O2. The Bertz CT molecular complexity index is 683. The summed E-state index contributed by atoms with van der Waals surface area (Å²) in [6, 6.07) is 1.69. The highest BCUT2D eigenvalue weighted by Gasteiger charge is 2.20. The van der Waals surface area contributed by atoms with Crippen molar-refractivity contribution in [2.75, 3.05) is 13.1 Å². The zero-order chi connectivity index (χ0) is 15.0. The average molecular weight is 352 g/mol. The first-order valence-electron chi connectivity index (χ1n) is 7.16. The van der Waals surface area contributed by atoms with Gasteiger partial charge in [-0.05, 0) is 52.9 Å². The number of carbonyl (C=O) groups is 1. The number of halogens is 1. The zero-order valence-corrected chi connectivity index (χ0v) is 13.5. The van der Waals surface area contributed by atoms with E-state index >= 15 is 0 Å². The first-order valence-corrected chi connectivity index (χ1v) is 7.96. The highest BCUT2D eigenvalue weighted by molar-refractivity contribution is 9.10. The molecule has 3 heterocycles. The second-order valence-electron chi connectivity index (χ2n) is 5.81. The lowest BCUT2D eigenvalue weighted by Crippen LogP contribution is -2.33. The maximum atomic E-state index is 11.3. The summed E-state index contributed by atoms with van der Waals surface area (Å²) in [6.07, 6.45) is 4.29. The molecule has 1 aliphatic rings. The Balaban J connectivity index is 1.98. The van der Waals surface area contributed by atoms with Gasteiger partial charge in [-0.25, -0.2) is 9.78 Å². The number of carboxylic acids is 1. The molecule has 0 amide bonds. The largest absolute Gasteiger partial charge is 0.477 e. The van der Waals surface area contributed by atoms with Gasteiger partial charge in [-0.3, -0.25) is 4.90 Å². The standard InChI is InChI=1S/C15H18BrN3O2/c1-9-3-2-4-19(7-9)8-10-5-12(15(20)21)18-14-11(16)6-17-13(10)14/h5-6,9,17H,2-4,7-8H2,1H3,(H,20,21)/t9-/m0/s1. The van der Waals surface area contributed by atoms with E-state index in [0.717, 1.165) is 35.2 Å². The highest BCUT2D eigenvalue weighted by Crippen LogP contribution is 2.27. The van der Waals surface area contributed by atoms with E-state index < -0.39 is 5.97 Å². The summed E-state index contributed by atoms with van der Waals surface area (Å²) in [6.45, 7) is 5.16. The average Bonchev–Trinajstić information content (AvgIpc) is 2.81. The van der Waals surface area contributed by atoms with Crippen molar-refractivity contribution in [3.63, 3.8) is 0 Å². The lowest BCUT2D eigenvalue weighted by Gasteiger charge is -2.30. The number of nitrogens with zero attached hydrogens (tertiary/aromatic N) is 2. The quantitative estimate of drug-likeness (QED) is 0.890. The number of hydrogen-bond donors (Lipinski definition) is 2. The lowest BCUT2D eigenvalue weighted by atomic mass is 9.99. The summed E-state index contributed by atoms with van der Waals surface area (Å²) in [5, 5.41) is 9.24. The Morgan fingerprint density at radius 1 is 1.62 bits per heavy atom. The SMILES string of the molecule is C[C@H]1CCCN(Cc2cc(C(=O)O)nc3c(Br)c[nH]c23)C1. The monoisotopic (exact) mass is 351 g/mol. The smallest absolute Gasteiger partial charge is 0.354 e. The topological polar surface area (TPSA) is 69.2 Å². The Kier molecular flexibility index (Phi) is 3.99. The van der Waals surface area contributed by atoms with Gasteiger partial charge in [-0.2, -0.15) is 0 Å². The minimum atomic E-state index is -0.988. The van der Waals surface area contributed by atoms with Gasteiger partial charge in [0, 0.05) is 19.3 Å². The number of hydrogen-bond acceptors (Lipinski definition) is 3. The molecule has 1 fully saturated rings. The molecule has 6 heteroatoms. The molecule has 0 unspecified atom stereocenters. The Morgan fingerprint density at radius 2 is 2.43 bits per heavy atom. The number of fused-ring (bicyclic) bond motifs is 1. The van der Waals surface area contributed by atoms with Gasteiger partial charge in [0.15, 0.2) is 0 Å². The van der Waals surface area contributed by atoms with Crippen LogP contribution in [0.2, 0.25) is 0 Å². The number of piperidine rings is 1. The number of carboxylic acid groups (broad SMARTS) is 1. The summed E-state index contributed by atoms with van der Waals surface area (Å²) < 4.78 is 0.800. The third-order valence-corrected chi connectivity index (χ3v) is 4.63. The van der Waals surface area contributed by atoms with E-state index in [4.69, 9.17) is 0 Å². The van der Waals surface area contributed by atoms with Gasteiger partial charge in [-0.1, -0.05) is 6.92 Å². The molecule has 0 saturated carbocycles. The molecule has 112 valence electrons. The van der Waals surface area contributed by atoms with Crippen LogP contribution in [0.5, 0.6) is 0 Å². The Morgan fingerprint density at radius 3 is 3.14 bits per heavy atom. The molecule has 2 aromatic heterocycles. The molecule has 2 aromatic rings. The van der Waals surface area contributed by atoms with Crippen molar-refractivity contribution < 1.29 is 9.90 Å². The Labute approximate surface area is 131 Å². The fraction of sp³-hybridized carbons (Fsp3) is 0.467. The minimum absolute atomic E-state index is 0.0999. The van der Waals surface area contributed by atoms with Crippen LogP contribution in [0.3, 0.4) is 0 Å². The normalized spacial score (nSPS) is 20.0. The molecule has 1 aliphatic heterocycles. The predicted octanol–water partition coefficient (Wildman–Crippen LogP) is 3.26. The summed E-state index contributed by atoms with van der Waals surface area (Å²) >= 11 is 3.42. The van der Waals surface area contributed by atoms with Crippen LogP contribution in [0, 0.1) is 5.92 Å². The van der Waals surface area contributed by atoms with E-state index in [1.54, 1.807) is 6.07 Å². The van der Waals surface area contributed by atoms with Crippen LogP contribution in [-0.2, 0) is 6.54 Å². The molecule has 5 nitrogen and oxygen atoms in total. The van der Waals surface area contributed by atoms with Gasteiger partial charge in [0.1, 0.15) is 11.2 Å². The van der Waals surface area contributed by atoms with Crippen molar-refractivity contribution in [1.82, 2.24) is 14.9 Å². The lowest BCUT2D eigenvalue weighted by molar-refractivity contribution is 0.0690. The first-order chi connectivity index (χ1) is 10.0. The maximum Gasteiger partial charge on any atom is 0.354 e. The zero-order valence-electron chi connectivity index (χ0n) is 11.9. The second kappa shape index (κ2) is 5.77. The predicted molar refractivity (Wildman–Crippen MR) is 84.4 cm³/mol. The van der Waals surface area contributed by atoms with Crippen LogP contribution in [0.15, 0.2) is 16.7 Å². The van der Waals surface area contributed by atoms with Crippen LogP contribution < -0.4 is 0 Å². The minimum Gasteiger partial charge on any atom is -0.477 e. The van der Waals surface area contributed by atoms with E-state index in [0.29, 0.717) is 11.4 Å². The number of aromatic nitrogens is 2. The number of H-pyrrole nitrogens is 1. The number of pyridine rings is 1. The highest BCUT2D eigenvalue weighted by atomic mass is 79.9. The van der Waals surface area contributed by atoms with Gasteiger partial charge in [-0.15, -0.1) is 0 Å². The van der Waals surface area contributed by atoms with Crippen molar-refractivity contribution in [3.8, 4) is 0 Å². The van der Waals surface area contributed by atoms with Crippen molar-refractivity contribution in [2.24, 2.45) is 5.92 Å². The van der Waals surface area contributed by atoms with Gasteiger partial charge < -0.3 is 10.1 Å². The molecule has 3 rings (SSSR count). The summed E-state index contributed by atoms with van der Waals surface area (Å²) in [5.41, 5.74) is 2.71. The van der Waals surface area contributed by atoms with Crippen LogP contribution in [0.1, 0.15) is 35.8 Å². The molecule has 2 N–H and O–H groups in total. The van der Waals surface area contributed by atoms with Crippen molar-refractivity contribution in [2.45, 2.75) is 26.3 Å². The maximum absolute atomic E-state index is 11.3. The fourth-order valence-electron chi connectivity index (χ4n) is 3.04. The van der Waals surface area contributed by atoms with Crippen LogP contribution in [-0.4, -0.2) is 39.0 Å². The molecular weight excluding hydrogens is 334 g/mol. The van der Waals surface area contributed by atoms with Crippen molar-refractivity contribution in [3.05, 3.63) is 28.0 Å². The van der Waals surface area contributed by atoms with Gasteiger partial charge in [0.05, 0.1) is 9.99 Å². The summed E-state index contributed by atoms with van der Waals surface area (Å²) in [4.78, 5) is 21.1. The fourth-order valence-corrected chi connectivity index (χ4v) is 3.44. The Hall–Kier alpha value is -1.40. The second-order valence-corrected chi connectivity index (χ2v) is 6.67. The number of nitrogens with one attached hydrogen (secondary N) is 1. The molecule has 0 bridgehead atoms. The van der Waals surface area contributed by atoms with Crippen LogP contribution >= 0.6 is 15.9 Å². The van der Waals surface area contributed by atoms with E-state index in [1.807, 2.05) is 6.20 Å². The van der Waals surface area contributed by atoms with Gasteiger partial charge >= 0.3 is 5.97 Å². The van der Waals surface area contributed by atoms with E-state index in [-0.39, 0.29) is 5.69 Å². The van der Waals surface area contributed by atoms with Crippen LogP contribution in [0.4, 0.5) is 0 Å².